The Bertz CT molecular complexity index is 406. The number of fused-ring (bicyclic) bond motifs is 2. The van der Waals surface area contributed by atoms with Gasteiger partial charge in [-0.15, -0.1) is 0 Å². The molecule has 4 atom stereocenters. The first-order valence-electron chi connectivity index (χ1n) is 6.46. The van der Waals surface area contributed by atoms with Crippen LogP contribution in [0.25, 0.3) is 0 Å². The molecule has 2 fully saturated rings. The van der Waals surface area contributed by atoms with Crippen molar-refractivity contribution < 1.29 is 4.21 Å². The standard InChI is InChI=1S/C14H19NOS/c16-17(9-11-4-2-1-3-5-11)10-14-12-6-7-13(8-12)15-14/h1-5,12-15H,6-10H2/t12-,13+,14+,17+/m1/s1. The second-order valence-corrected chi connectivity index (χ2v) is 6.78. The van der Waals surface area contributed by atoms with Crippen LogP contribution in [0.5, 0.6) is 0 Å². The third kappa shape index (κ3) is 2.61. The van der Waals surface area contributed by atoms with Crippen LogP contribution in [0, 0.1) is 5.92 Å². The zero-order chi connectivity index (χ0) is 11.7. The molecule has 1 aliphatic carbocycles. The molecule has 0 aromatic heterocycles. The lowest BCUT2D eigenvalue weighted by atomic mass is 10.0. The lowest BCUT2D eigenvalue weighted by Crippen LogP contribution is -2.39. The molecule has 3 rings (SSSR count). The van der Waals surface area contributed by atoms with Crippen LogP contribution in [0.1, 0.15) is 24.8 Å². The van der Waals surface area contributed by atoms with Crippen molar-refractivity contribution in [2.75, 3.05) is 5.75 Å². The summed E-state index contributed by atoms with van der Waals surface area (Å²) in [5, 5.41) is 3.61. The van der Waals surface area contributed by atoms with Crippen LogP contribution in [0.4, 0.5) is 0 Å². The maximum absolute atomic E-state index is 12.1. The molecule has 2 bridgehead atoms. The highest BCUT2D eigenvalue weighted by atomic mass is 32.2. The highest BCUT2D eigenvalue weighted by Crippen LogP contribution is 2.35. The Hall–Kier alpha value is -0.670. The van der Waals surface area contributed by atoms with E-state index in [0.29, 0.717) is 11.8 Å². The summed E-state index contributed by atoms with van der Waals surface area (Å²) in [5.41, 5.74) is 1.19. The highest BCUT2D eigenvalue weighted by molar-refractivity contribution is 7.84. The van der Waals surface area contributed by atoms with E-state index in [1.807, 2.05) is 18.2 Å². The van der Waals surface area contributed by atoms with E-state index in [2.05, 4.69) is 17.4 Å². The summed E-state index contributed by atoms with van der Waals surface area (Å²) in [4.78, 5) is 0. The predicted molar refractivity (Wildman–Crippen MR) is 71.2 cm³/mol. The van der Waals surface area contributed by atoms with Crippen molar-refractivity contribution in [3.63, 3.8) is 0 Å². The van der Waals surface area contributed by atoms with Crippen molar-refractivity contribution in [3.05, 3.63) is 35.9 Å². The van der Waals surface area contributed by atoms with Crippen molar-refractivity contribution in [1.82, 2.24) is 5.32 Å². The van der Waals surface area contributed by atoms with E-state index in [0.717, 1.165) is 17.7 Å². The molecule has 0 unspecified atom stereocenters. The molecule has 1 aromatic rings. The lowest BCUT2D eigenvalue weighted by Gasteiger charge is -2.22. The number of nitrogens with one attached hydrogen (secondary N) is 1. The van der Waals surface area contributed by atoms with Gasteiger partial charge in [-0.1, -0.05) is 30.3 Å². The Labute approximate surface area is 105 Å². The topological polar surface area (TPSA) is 29.1 Å². The van der Waals surface area contributed by atoms with Crippen molar-refractivity contribution in [2.24, 2.45) is 5.92 Å². The second-order valence-electron chi connectivity index (χ2n) is 5.28. The van der Waals surface area contributed by atoms with E-state index in [4.69, 9.17) is 0 Å². The van der Waals surface area contributed by atoms with Gasteiger partial charge in [0.05, 0.1) is 0 Å². The Morgan fingerprint density at radius 3 is 2.71 bits per heavy atom. The molecule has 1 saturated heterocycles. The van der Waals surface area contributed by atoms with Crippen LogP contribution in [0.15, 0.2) is 30.3 Å². The summed E-state index contributed by atoms with van der Waals surface area (Å²) in [6.45, 7) is 0. The van der Waals surface area contributed by atoms with Crippen LogP contribution >= 0.6 is 0 Å². The monoisotopic (exact) mass is 249 g/mol. The van der Waals surface area contributed by atoms with Crippen LogP contribution in [-0.4, -0.2) is 22.0 Å². The van der Waals surface area contributed by atoms with Gasteiger partial charge < -0.3 is 5.32 Å². The molecule has 1 aliphatic heterocycles. The Morgan fingerprint density at radius 2 is 2.06 bits per heavy atom. The number of rotatable bonds is 4. The molecular weight excluding hydrogens is 230 g/mol. The van der Waals surface area contributed by atoms with Gasteiger partial charge in [0.2, 0.25) is 0 Å². The number of hydrogen-bond donors (Lipinski definition) is 1. The fourth-order valence-corrected chi connectivity index (χ4v) is 4.63. The zero-order valence-electron chi connectivity index (χ0n) is 9.97. The molecule has 0 spiro atoms. The van der Waals surface area contributed by atoms with E-state index < -0.39 is 10.8 Å². The summed E-state index contributed by atoms with van der Waals surface area (Å²) in [5.74, 6) is 2.33. The first kappa shape index (κ1) is 11.4. The molecule has 0 amide bonds. The zero-order valence-corrected chi connectivity index (χ0v) is 10.8. The molecule has 1 saturated carbocycles. The largest absolute Gasteiger partial charge is 0.310 e. The van der Waals surface area contributed by atoms with Gasteiger partial charge >= 0.3 is 0 Å². The van der Waals surface area contributed by atoms with Gasteiger partial charge in [0.25, 0.3) is 0 Å². The van der Waals surface area contributed by atoms with Crippen molar-refractivity contribution in [1.29, 1.82) is 0 Å². The minimum atomic E-state index is -0.725. The van der Waals surface area contributed by atoms with Crippen molar-refractivity contribution >= 4 is 10.8 Å². The molecule has 0 radical (unpaired) electrons. The van der Waals surface area contributed by atoms with Crippen LogP contribution in [0.2, 0.25) is 0 Å². The normalized spacial score (nSPS) is 32.8. The molecule has 1 aromatic carbocycles. The van der Waals surface area contributed by atoms with Gasteiger partial charge in [-0.3, -0.25) is 4.21 Å². The number of piperidine rings is 1. The first-order valence-corrected chi connectivity index (χ1v) is 7.95. The van der Waals surface area contributed by atoms with E-state index in [1.165, 1.54) is 24.8 Å². The molecule has 17 heavy (non-hydrogen) atoms. The number of hydrogen-bond acceptors (Lipinski definition) is 2. The first-order chi connectivity index (χ1) is 8.31. The predicted octanol–water partition coefficient (Wildman–Crippen LogP) is 2.08. The summed E-state index contributed by atoms with van der Waals surface area (Å²) < 4.78 is 12.1. The average molecular weight is 249 g/mol. The Kier molecular flexibility index (Phi) is 3.30. The third-order valence-corrected chi connectivity index (χ3v) is 5.41. The van der Waals surface area contributed by atoms with E-state index >= 15 is 0 Å². The molecule has 2 aliphatic rings. The van der Waals surface area contributed by atoms with Gasteiger partial charge in [-0.05, 0) is 30.7 Å². The summed E-state index contributed by atoms with van der Waals surface area (Å²) in [6.07, 6.45) is 3.98. The van der Waals surface area contributed by atoms with Crippen LogP contribution in [-0.2, 0) is 16.6 Å². The molecule has 1 heterocycles. The van der Waals surface area contributed by atoms with E-state index in [1.54, 1.807) is 0 Å². The van der Waals surface area contributed by atoms with Crippen LogP contribution in [0.3, 0.4) is 0 Å². The SMILES string of the molecule is O=[S@@](Cc1ccccc1)C[C@@H]1N[C@H]2CC[C@@H]1C2. The van der Waals surface area contributed by atoms with E-state index in [9.17, 15) is 4.21 Å². The maximum Gasteiger partial charge on any atom is 0.0486 e. The second kappa shape index (κ2) is 4.91. The molecule has 1 N–H and O–H groups in total. The molecule has 3 heteroatoms. The van der Waals surface area contributed by atoms with Gasteiger partial charge in [-0.25, -0.2) is 0 Å². The summed E-state index contributed by atoms with van der Waals surface area (Å²) in [7, 11) is -0.725. The van der Waals surface area contributed by atoms with Crippen LogP contribution < -0.4 is 5.32 Å². The smallest absolute Gasteiger partial charge is 0.0486 e. The molecular formula is C14H19NOS. The van der Waals surface area contributed by atoms with Crippen molar-refractivity contribution in [2.45, 2.75) is 37.1 Å². The van der Waals surface area contributed by atoms with Gasteiger partial charge in [0.15, 0.2) is 0 Å². The Balaban J connectivity index is 1.54. The highest BCUT2D eigenvalue weighted by Gasteiger charge is 2.39. The third-order valence-electron chi connectivity index (χ3n) is 4.03. The van der Waals surface area contributed by atoms with Gasteiger partial charge in [0.1, 0.15) is 0 Å². The fourth-order valence-electron chi connectivity index (χ4n) is 3.18. The van der Waals surface area contributed by atoms with Gasteiger partial charge in [-0.2, -0.15) is 0 Å². The average Bonchev–Trinajstić information content (AvgIpc) is 2.92. The number of benzene rings is 1. The minimum absolute atomic E-state index is 0.512. The fraction of sp³-hybridized carbons (Fsp3) is 0.571. The quantitative estimate of drug-likeness (QED) is 0.885. The minimum Gasteiger partial charge on any atom is -0.310 e. The van der Waals surface area contributed by atoms with Gasteiger partial charge in [0, 0.05) is 34.4 Å². The maximum atomic E-state index is 12.1. The molecule has 92 valence electrons. The summed E-state index contributed by atoms with van der Waals surface area (Å²) >= 11 is 0. The van der Waals surface area contributed by atoms with Crippen molar-refractivity contribution in [3.8, 4) is 0 Å². The van der Waals surface area contributed by atoms with E-state index in [-0.39, 0.29) is 0 Å². The molecule has 2 nitrogen and oxygen atoms in total. The lowest BCUT2D eigenvalue weighted by molar-refractivity contribution is 0.408. The summed E-state index contributed by atoms with van der Waals surface area (Å²) in [6, 6.07) is 11.4. The Morgan fingerprint density at radius 1 is 1.24 bits per heavy atom.